The number of carbonyl (C=O) groups is 2. The molecule has 0 saturated carbocycles. The maximum absolute atomic E-state index is 13.2. The minimum atomic E-state index is -0.466. The van der Waals surface area contributed by atoms with Gasteiger partial charge in [0.25, 0.3) is 0 Å². The van der Waals surface area contributed by atoms with Gasteiger partial charge in [-0.25, -0.2) is 0 Å². The second-order valence-corrected chi connectivity index (χ2v) is 7.68. The van der Waals surface area contributed by atoms with Crippen molar-refractivity contribution in [3.05, 3.63) is 71.3 Å². The second-order valence-electron chi connectivity index (χ2n) is 7.68. The van der Waals surface area contributed by atoms with Crippen LogP contribution >= 0.6 is 0 Å². The van der Waals surface area contributed by atoms with Crippen molar-refractivity contribution in [1.29, 1.82) is 0 Å². The standard InChI is InChI=1S/C25H34N2O2/c1-5-20(4)26-25(29)23(6-2)27(18-22-15-11-10-12-19(22)3)24(28)17-16-21-13-8-7-9-14-21/h7-15,20,23H,5-6,16-18H2,1-4H3,(H,26,29)/t20-,23+/m0/s1. The number of benzene rings is 2. The summed E-state index contributed by atoms with van der Waals surface area (Å²) < 4.78 is 0. The van der Waals surface area contributed by atoms with Gasteiger partial charge < -0.3 is 10.2 Å². The van der Waals surface area contributed by atoms with Crippen LogP contribution in [0.4, 0.5) is 0 Å². The van der Waals surface area contributed by atoms with Gasteiger partial charge in [0.05, 0.1) is 0 Å². The number of hydrogen-bond acceptors (Lipinski definition) is 2. The molecule has 0 heterocycles. The molecule has 2 atom stereocenters. The lowest BCUT2D eigenvalue weighted by molar-refractivity contribution is -0.141. The molecule has 2 rings (SSSR count). The highest BCUT2D eigenvalue weighted by molar-refractivity contribution is 5.88. The van der Waals surface area contributed by atoms with Crippen molar-refractivity contribution < 1.29 is 9.59 Å². The lowest BCUT2D eigenvalue weighted by Gasteiger charge is -2.32. The Morgan fingerprint density at radius 2 is 1.62 bits per heavy atom. The van der Waals surface area contributed by atoms with Crippen LogP contribution < -0.4 is 5.32 Å². The molecular formula is C25H34N2O2. The molecule has 1 N–H and O–H groups in total. The summed E-state index contributed by atoms with van der Waals surface area (Å²) in [5.41, 5.74) is 3.34. The average molecular weight is 395 g/mol. The van der Waals surface area contributed by atoms with Crippen LogP contribution in [0.3, 0.4) is 0 Å². The highest BCUT2D eigenvalue weighted by atomic mass is 16.2. The van der Waals surface area contributed by atoms with E-state index in [1.54, 1.807) is 4.90 Å². The van der Waals surface area contributed by atoms with Gasteiger partial charge in [0.2, 0.25) is 11.8 Å². The normalized spacial score (nSPS) is 12.8. The number of carbonyl (C=O) groups excluding carboxylic acids is 2. The third-order valence-electron chi connectivity index (χ3n) is 5.46. The SMILES string of the molecule is CC[C@H](C(=O)N[C@@H](C)CC)N(Cc1ccccc1C)C(=O)CCc1ccccc1. The predicted molar refractivity (Wildman–Crippen MR) is 118 cm³/mol. The van der Waals surface area contributed by atoms with Crippen molar-refractivity contribution in [3.8, 4) is 0 Å². The molecule has 2 aromatic carbocycles. The number of amides is 2. The zero-order valence-electron chi connectivity index (χ0n) is 18.2. The Morgan fingerprint density at radius 1 is 0.966 bits per heavy atom. The van der Waals surface area contributed by atoms with Crippen LogP contribution in [0.1, 0.15) is 56.7 Å². The van der Waals surface area contributed by atoms with Crippen molar-refractivity contribution >= 4 is 11.8 Å². The Morgan fingerprint density at radius 3 is 2.24 bits per heavy atom. The summed E-state index contributed by atoms with van der Waals surface area (Å²) in [4.78, 5) is 27.9. The fourth-order valence-corrected chi connectivity index (χ4v) is 3.37. The van der Waals surface area contributed by atoms with Crippen LogP contribution in [-0.4, -0.2) is 28.8 Å². The number of hydrogen-bond donors (Lipinski definition) is 1. The largest absolute Gasteiger partial charge is 0.352 e. The first-order valence-electron chi connectivity index (χ1n) is 10.6. The summed E-state index contributed by atoms with van der Waals surface area (Å²) in [6.45, 7) is 8.50. The van der Waals surface area contributed by atoms with Gasteiger partial charge in [-0.05, 0) is 49.8 Å². The molecule has 0 radical (unpaired) electrons. The molecule has 2 aromatic rings. The first-order valence-corrected chi connectivity index (χ1v) is 10.6. The zero-order valence-corrected chi connectivity index (χ0v) is 18.2. The minimum Gasteiger partial charge on any atom is -0.352 e. The van der Waals surface area contributed by atoms with E-state index in [0.29, 0.717) is 25.8 Å². The fourth-order valence-electron chi connectivity index (χ4n) is 3.37. The maximum Gasteiger partial charge on any atom is 0.243 e. The van der Waals surface area contributed by atoms with E-state index in [1.165, 1.54) is 0 Å². The Hall–Kier alpha value is -2.62. The van der Waals surface area contributed by atoms with Gasteiger partial charge in [-0.15, -0.1) is 0 Å². The van der Waals surface area contributed by atoms with Crippen molar-refractivity contribution in [2.75, 3.05) is 0 Å². The lowest BCUT2D eigenvalue weighted by Crippen LogP contribution is -2.50. The highest BCUT2D eigenvalue weighted by Gasteiger charge is 2.29. The summed E-state index contributed by atoms with van der Waals surface area (Å²) in [5, 5.41) is 3.06. The van der Waals surface area contributed by atoms with Gasteiger partial charge in [-0.2, -0.15) is 0 Å². The Kier molecular flexibility index (Phi) is 8.91. The first kappa shape index (κ1) is 22.7. The van der Waals surface area contributed by atoms with Gasteiger partial charge >= 0.3 is 0 Å². The monoisotopic (exact) mass is 394 g/mol. The molecule has 2 amide bonds. The zero-order chi connectivity index (χ0) is 21.2. The number of aryl methyl sites for hydroxylation is 2. The smallest absolute Gasteiger partial charge is 0.243 e. The number of nitrogens with one attached hydrogen (secondary N) is 1. The lowest BCUT2D eigenvalue weighted by atomic mass is 10.0. The topological polar surface area (TPSA) is 49.4 Å². The number of nitrogens with zero attached hydrogens (tertiary/aromatic N) is 1. The van der Waals surface area contributed by atoms with E-state index in [0.717, 1.165) is 23.1 Å². The van der Waals surface area contributed by atoms with Crippen LogP contribution in [-0.2, 0) is 22.6 Å². The van der Waals surface area contributed by atoms with Crippen LogP contribution in [0.25, 0.3) is 0 Å². The van der Waals surface area contributed by atoms with E-state index in [9.17, 15) is 9.59 Å². The van der Waals surface area contributed by atoms with Crippen LogP contribution in [0.5, 0.6) is 0 Å². The first-order chi connectivity index (χ1) is 14.0. The quantitative estimate of drug-likeness (QED) is 0.638. The molecule has 0 aliphatic rings. The van der Waals surface area contributed by atoms with E-state index in [2.05, 4.69) is 5.32 Å². The van der Waals surface area contributed by atoms with Crippen molar-refractivity contribution in [1.82, 2.24) is 10.2 Å². The highest BCUT2D eigenvalue weighted by Crippen LogP contribution is 2.17. The van der Waals surface area contributed by atoms with E-state index >= 15 is 0 Å². The summed E-state index contributed by atoms with van der Waals surface area (Å²) in [7, 11) is 0. The average Bonchev–Trinajstić information content (AvgIpc) is 2.73. The maximum atomic E-state index is 13.2. The summed E-state index contributed by atoms with van der Waals surface area (Å²) in [6, 6.07) is 17.7. The minimum absolute atomic E-state index is 0.0169. The van der Waals surface area contributed by atoms with Crippen LogP contribution in [0.15, 0.2) is 54.6 Å². The van der Waals surface area contributed by atoms with Crippen molar-refractivity contribution in [3.63, 3.8) is 0 Å². The molecular weight excluding hydrogens is 360 g/mol. The molecule has 4 heteroatoms. The molecule has 0 unspecified atom stereocenters. The van der Waals surface area contributed by atoms with E-state index in [4.69, 9.17) is 0 Å². The molecule has 4 nitrogen and oxygen atoms in total. The Labute approximate surface area is 175 Å². The van der Waals surface area contributed by atoms with Gasteiger partial charge in [0.15, 0.2) is 0 Å². The second kappa shape index (κ2) is 11.4. The molecule has 0 fully saturated rings. The summed E-state index contributed by atoms with van der Waals surface area (Å²) in [5.74, 6) is -0.0493. The third-order valence-corrected chi connectivity index (χ3v) is 5.46. The van der Waals surface area contributed by atoms with Gasteiger partial charge in [-0.3, -0.25) is 9.59 Å². The third kappa shape index (κ3) is 6.74. The number of rotatable bonds is 10. The van der Waals surface area contributed by atoms with Crippen LogP contribution in [0.2, 0.25) is 0 Å². The van der Waals surface area contributed by atoms with Crippen LogP contribution in [0, 0.1) is 6.92 Å². The molecule has 0 saturated heterocycles. The molecule has 156 valence electrons. The Balaban J connectivity index is 2.22. The van der Waals surface area contributed by atoms with Crippen molar-refractivity contribution in [2.24, 2.45) is 0 Å². The van der Waals surface area contributed by atoms with Gasteiger partial charge in [0.1, 0.15) is 6.04 Å². The predicted octanol–water partition coefficient (Wildman–Crippen LogP) is 4.65. The van der Waals surface area contributed by atoms with Gasteiger partial charge in [0, 0.05) is 19.0 Å². The molecule has 0 bridgehead atoms. The molecule has 0 aromatic heterocycles. The van der Waals surface area contributed by atoms with Gasteiger partial charge in [-0.1, -0.05) is 68.4 Å². The van der Waals surface area contributed by atoms with E-state index < -0.39 is 6.04 Å². The molecule has 29 heavy (non-hydrogen) atoms. The van der Waals surface area contributed by atoms with E-state index in [1.807, 2.05) is 82.3 Å². The molecule has 0 aliphatic heterocycles. The Bertz CT molecular complexity index is 788. The van der Waals surface area contributed by atoms with Crippen molar-refractivity contribution in [2.45, 2.75) is 72.0 Å². The molecule has 0 spiro atoms. The molecule has 0 aliphatic carbocycles. The fraction of sp³-hybridized carbons (Fsp3) is 0.440. The summed E-state index contributed by atoms with van der Waals surface area (Å²) >= 11 is 0. The van der Waals surface area contributed by atoms with E-state index in [-0.39, 0.29) is 17.9 Å². The summed E-state index contributed by atoms with van der Waals surface area (Å²) in [6.07, 6.45) is 2.52.